The van der Waals surface area contributed by atoms with Crippen molar-refractivity contribution < 1.29 is 9.53 Å². The molecule has 1 aromatic carbocycles. The second kappa shape index (κ2) is 11.3. The molecule has 1 amide bonds. The van der Waals surface area contributed by atoms with Crippen LogP contribution in [0.1, 0.15) is 44.5 Å². The van der Waals surface area contributed by atoms with E-state index in [0.717, 1.165) is 54.2 Å². The van der Waals surface area contributed by atoms with Gasteiger partial charge in [0.2, 0.25) is 6.41 Å². The van der Waals surface area contributed by atoms with Crippen molar-refractivity contribution in [3.63, 3.8) is 0 Å². The molecule has 2 heterocycles. The molecule has 1 aromatic heterocycles. The van der Waals surface area contributed by atoms with Gasteiger partial charge in [-0.15, -0.1) is 0 Å². The normalized spacial score (nSPS) is 16.0. The number of amides is 1. The molecule has 3 rings (SSSR count). The molecule has 1 aliphatic heterocycles. The van der Waals surface area contributed by atoms with E-state index in [-0.39, 0.29) is 5.92 Å². The number of pyridine rings is 1. The van der Waals surface area contributed by atoms with Crippen LogP contribution in [0.15, 0.2) is 48.2 Å². The van der Waals surface area contributed by atoms with Gasteiger partial charge >= 0.3 is 0 Å². The molecule has 1 saturated heterocycles. The van der Waals surface area contributed by atoms with Gasteiger partial charge in [0.15, 0.2) is 0 Å². The van der Waals surface area contributed by atoms with E-state index >= 15 is 0 Å². The van der Waals surface area contributed by atoms with Gasteiger partial charge in [0.05, 0.1) is 7.11 Å². The van der Waals surface area contributed by atoms with Crippen molar-refractivity contribution in [1.82, 2.24) is 9.88 Å². The number of benzene rings is 1. The van der Waals surface area contributed by atoms with Crippen molar-refractivity contribution in [2.75, 3.05) is 20.2 Å². The van der Waals surface area contributed by atoms with E-state index in [0.29, 0.717) is 17.3 Å². The van der Waals surface area contributed by atoms with E-state index in [9.17, 15) is 4.79 Å². The SMILES string of the molecule is C/C(N)=C/C(=N)C(C)C.COc1ccc(-c2cc(C)nc(C3CCN(C=O)C3)c2)cc1. The van der Waals surface area contributed by atoms with E-state index in [1.54, 1.807) is 20.1 Å². The third-order valence-electron chi connectivity index (χ3n) is 5.19. The number of nitrogens with one attached hydrogen (secondary N) is 1. The van der Waals surface area contributed by atoms with Crippen molar-refractivity contribution in [3.05, 3.63) is 59.6 Å². The molecule has 6 nitrogen and oxygen atoms in total. The van der Waals surface area contributed by atoms with E-state index in [2.05, 4.69) is 29.2 Å². The van der Waals surface area contributed by atoms with Gasteiger partial charge in [-0.2, -0.15) is 0 Å². The zero-order valence-electron chi connectivity index (χ0n) is 19.2. The van der Waals surface area contributed by atoms with Crippen molar-refractivity contribution in [2.24, 2.45) is 11.7 Å². The second-order valence-corrected chi connectivity index (χ2v) is 8.23. The number of nitrogens with two attached hydrogens (primary N) is 1. The first kappa shape index (κ1) is 24.1. The molecule has 2 aromatic rings. The van der Waals surface area contributed by atoms with Gasteiger partial charge in [-0.1, -0.05) is 26.0 Å². The summed E-state index contributed by atoms with van der Waals surface area (Å²) in [5.41, 5.74) is 11.0. The number of aryl methyl sites for hydroxylation is 1. The van der Waals surface area contributed by atoms with Crippen LogP contribution in [0.25, 0.3) is 11.1 Å². The van der Waals surface area contributed by atoms with Crippen molar-refractivity contribution in [2.45, 2.75) is 40.0 Å². The van der Waals surface area contributed by atoms with Crippen LogP contribution in [-0.4, -0.2) is 42.2 Å². The third-order valence-corrected chi connectivity index (χ3v) is 5.19. The summed E-state index contributed by atoms with van der Waals surface area (Å²) in [5, 5.41) is 7.32. The van der Waals surface area contributed by atoms with Crippen LogP contribution < -0.4 is 10.5 Å². The summed E-state index contributed by atoms with van der Waals surface area (Å²) in [4.78, 5) is 17.4. The topological polar surface area (TPSA) is 92.3 Å². The molecule has 1 unspecified atom stereocenters. The number of allylic oxidation sites excluding steroid dienone is 2. The zero-order valence-corrected chi connectivity index (χ0v) is 19.2. The molecular weight excluding hydrogens is 388 g/mol. The van der Waals surface area contributed by atoms with Crippen LogP contribution in [0.2, 0.25) is 0 Å². The van der Waals surface area contributed by atoms with Crippen LogP contribution in [-0.2, 0) is 4.79 Å². The Morgan fingerprint density at radius 2 is 1.94 bits per heavy atom. The fourth-order valence-electron chi connectivity index (χ4n) is 3.39. The lowest BCUT2D eigenvalue weighted by atomic mass is 9.98. The highest BCUT2D eigenvalue weighted by Crippen LogP contribution is 2.30. The largest absolute Gasteiger partial charge is 0.497 e. The second-order valence-electron chi connectivity index (χ2n) is 8.23. The van der Waals surface area contributed by atoms with Crippen molar-refractivity contribution in [1.29, 1.82) is 5.41 Å². The van der Waals surface area contributed by atoms with Gasteiger partial charge in [-0.3, -0.25) is 9.78 Å². The Balaban J connectivity index is 0.000000323. The number of carbonyl (C=O) groups excluding carboxylic acids is 1. The molecule has 0 bridgehead atoms. The lowest BCUT2D eigenvalue weighted by Gasteiger charge is -2.13. The number of hydrogen-bond donors (Lipinski definition) is 2. The van der Waals surface area contributed by atoms with E-state index in [1.807, 2.05) is 37.8 Å². The Hall–Kier alpha value is -3.15. The molecule has 31 heavy (non-hydrogen) atoms. The summed E-state index contributed by atoms with van der Waals surface area (Å²) in [7, 11) is 1.67. The first-order valence-corrected chi connectivity index (χ1v) is 10.6. The first-order valence-electron chi connectivity index (χ1n) is 10.6. The van der Waals surface area contributed by atoms with E-state index in [1.165, 1.54) is 0 Å². The molecule has 0 radical (unpaired) electrons. The molecule has 1 atom stereocenters. The van der Waals surface area contributed by atoms with Gasteiger partial charge in [0.1, 0.15) is 5.75 Å². The van der Waals surface area contributed by atoms with Crippen LogP contribution in [0, 0.1) is 18.3 Å². The molecule has 3 N–H and O–H groups in total. The summed E-state index contributed by atoms with van der Waals surface area (Å²) >= 11 is 0. The maximum absolute atomic E-state index is 10.9. The number of ether oxygens (including phenoxy) is 1. The van der Waals surface area contributed by atoms with Gasteiger partial charge in [-0.05, 0) is 67.7 Å². The first-order chi connectivity index (χ1) is 14.7. The summed E-state index contributed by atoms with van der Waals surface area (Å²) in [6.45, 7) is 9.34. The quantitative estimate of drug-likeness (QED) is 0.528. The van der Waals surface area contributed by atoms with Crippen LogP contribution in [0.3, 0.4) is 0 Å². The van der Waals surface area contributed by atoms with E-state index < -0.39 is 0 Å². The van der Waals surface area contributed by atoms with Crippen molar-refractivity contribution >= 4 is 12.1 Å². The maximum Gasteiger partial charge on any atom is 0.209 e. The smallest absolute Gasteiger partial charge is 0.209 e. The Bertz CT molecular complexity index is 916. The lowest BCUT2D eigenvalue weighted by molar-refractivity contribution is -0.117. The van der Waals surface area contributed by atoms with Gasteiger partial charge in [0, 0.05) is 41.8 Å². The Morgan fingerprint density at radius 3 is 2.42 bits per heavy atom. The average molecular weight is 423 g/mol. The van der Waals surface area contributed by atoms with Crippen LogP contribution in [0.4, 0.5) is 0 Å². The highest BCUT2D eigenvalue weighted by Gasteiger charge is 2.24. The molecule has 1 aliphatic rings. The minimum absolute atomic E-state index is 0.281. The molecule has 0 saturated carbocycles. The van der Waals surface area contributed by atoms with E-state index in [4.69, 9.17) is 15.9 Å². The summed E-state index contributed by atoms with van der Waals surface area (Å²) in [5.74, 6) is 1.47. The van der Waals surface area contributed by atoms with Gasteiger partial charge in [0.25, 0.3) is 0 Å². The predicted molar refractivity (Wildman–Crippen MR) is 126 cm³/mol. The lowest BCUT2D eigenvalue weighted by Crippen LogP contribution is -2.17. The molecule has 166 valence electrons. The standard InChI is InChI=1S/C18H20N2O2.C7H14N2/c1-13-9-16(14-3-5-17(22-2)6-4-14)10-18(19-13)15-7-8-20(11-15)12-21;1-5(2)7(9)4-6(3)8/h3-6,9-10,12,15H,7-8,11H2,1-2H3;4-5,9H,8H2,1-3H3/b;6-4-,9-7?. The highest BCUT2D eigenvalue weighted by molar-refractivity contribution is 5.94. The Kier molecular flexibility index (Phi) is 8.79. The third kappa shape index (κ3) is 7.24. The average Bonchev–Trinajstić information content (AvgIpc) is 3.23. The molecule has 0 spiro atoms. The number of nitrogens with zero attached hydrogens (tertiary/aromatic N) is 2. The predicted octanol–water partition coefficient (Wildman–Crippen LogP) is 4.54. The number of methoxy groups -OCH3 is 1. The number of rotatable bonds is 6. The maximum atomic E-state index is 10.9. The summed E-state index contributed by atoms with van der Waals surface area (Å²) < 4.78 is 5.21. The van der Waals surface area contributed by atoms with Crippen LogP contribution in [0.5, 0.6) is 5.75 Å². The van der Waals surface area contributed by atoms with Crippen molar-refractivity contribution in [3.8, 4) is 16.9 Å². The van der Waals surface area contributed by atoms with Gasteiger partial charge in [-0.25, -0.2) is 0 Å². The Labute approximate surface area is 185 Å². The number of likely N-dealkylation sites (tertiary alicyclic amines) is 1. The zero-order chi connectivity index (χ0) is 23.0. The number of carbonyl (C=O) groups is 1. The fraction of sp³-hybridized carbons (Fsp3) is 0.400. The minimum Gasteiger partial charge on any atom is -0.497 e. The highest BCUT2D eigenvalue weighted by atomic mass is 16.5. The fourth-order valence-corrected chi connectivity index (χ4v) is 3.39. The summed E-state index contributed by atoms with van der Waals surface area (Å²) in [6.07, 6.45) is 3.60. The number of aromatic nitrogens is 1. The molecule has 1 fully saturated rings. The molecule has 0 aliphatic carbocycles. The minimum atomic E-state index is 0.281. The van der Waals surface area contributed by atoms with Crippen LogP contribution >= 0.6 is 0 Å². The molecular formula is C25H34N4O2. The van der Waals surface area contributed by atoms with Gasteiger partial charge < -0.3 is 20.8 Å². The molecule has 6 heteroatoms. The monoisotopic (exact) mass is 422 g/mol. The summed E-state index contributed by atoms with van der Waals surface area (Å²) in [6, 6.07) is 12.3. The Morgan fingerprint density at radius 1 is 1.26 bits per heavy atom. The number of hydrogen-bond acceptors (Lipinski definition) is 5.